The molecule has 0 fully saturated rings. The maximum absolute atomic E-state index is 13.1. The van der Waals surface area contributed by atoms with Gasteiger partial charge in [0.25, 0.3) is 11.1 Å². The maximum atomic E-state index is 13.1. The highest BCUT2D eigenvalue weighted by molar-refractivity contribution is 5.87. The number of hydrogen-bond acceptors (Lipinski definition) is 5. The van der Waals surface area contributed by atoms with Crippen molar-refractivity contribution in [2.24, 2.45) is 14.1 Å². The molecule has 0 radical (unpaired) electrons. The van der Waals surface area contributed by atoms with Gasteiger partial charge in [0.2, 0.25) is 5.78 Å². The van der Waals surface area contributed by atoms with E-state index >= 15 is 0 Å². The van der Waals surface area contributed by atoms with Crippen LogP contribution in [0.5, 0.6) is 0 Å². The molecule has 3 heterocycles. The second kappa shape index (κ2) is 5.92. The number of imidazole rings is 1. The number of likely N-dealkylation sites (N-methyl/N-ethyl adjacent to an activating group) is 1. The summed E-state index contributed by atoms with van der Waals surface area (Å²) >= 11 is 0. The number of benzene rings is 1. The molecule has 27 heavy (non-hydrogen) atoms. The van der Waals surface area contributed by atoms with E-state index in [1.54, 1.807) is 34.2 Å². The minimum absolute atomic E-state index is 0.169. The van der Waals surface area contributed by atoms with Gasteiger partial charge >= 0.3 is 5.69 Å². The Morgan fingerprint density at radius 3 is 2.41 bits per heavy atom. The summed E-state index contributed by atoms with van der Waals surface area (Å²) in [6, 6.07) is 7.12. The van der Waals surface area contributed by atoms with Crippen molar-refractivity contribution in [2.45, 2.75) is 6.54 Å². The normalized spacial score (nSPS) is 12.0. The summed E-state index contributed by atoms with van der Waals surface area (Å²) in [6.07, 6.45) is 0. The monoisotopic (exact) mass is 368 g/mol. The van der Waals surface area contributed by atoms with E-state index < -0.39 is 11.2 Å². The first kappa shape index (κ1) is 17.2. The van der Waals surface area contributed by atoms with Crippen LogP contribution in [0.2, 0.25) is 0 Å². The Hall–Kier alpha value is -3.20. The lowest BCUT2D eigenvalue weighted by atomic mass is 10.2. The van der Waals surface area contributed by atoms with Gasteiger partial charge in [-0.3, -0.25) is 27.7 Å². The third-order valence-corrected chi connectivity index (χ3v) is 4.87. The zero-order valence-corrected chi connectivity index (χ0v) is 15.6. The SMILES string of the molecule is CN(C)CCn1c(=O)c2ccccc2n2c3c(=O)n(C)c(=O)n(C)c3nc12. The van der Waals surface area contributed by atoms with Gasteiger partial charge in [0.15, 0.2) is 11.2 Å². The molecule has 3 aromatic heterocycles. The molecule has 0 aliphatic rings. The van der Waals surface area contributed by atoms with Crippen LogP contribution < -0.4 is 16.8 Å². The Morgan fingerprint density at radius 2 is 1.70 bits per heavy atom. The van der Waals surface area contributed by atoms with Crippen molar-refractivity contribution < 1.29 is 0 Å². The Balaban J connectivity index is 2.31. The smallest absolute Gasteiger partial charge is 0.308 e. The molecule has 0 amide bonds. The van der Waals surface area contributed by atoms with Crippen LogP contribution in [0.1, 0.15) is 0 Å². The fraction of sp³-hybridized carbons (Fsp3) is 0.333. The quantitative estimate of drug-likeness (QED) is 0.498. The summed E-state index contributed by atoms with van der Waals surface area (Å²) in [5.74, 6) is 0.355. The molecular formula is C18H20N6O3. The van der Waals surface area contributed by atoms with Gasteiger partial charge in [0.1, 0.15) is 0 Å². The lowest BCUT2D eigenvalue weighted by molar-refractivity contribution is 0.383. The molecule has 9 nitrogen and oxygen atoms in total. The van der Waals surface area contributed by atoms with E-state index in [1.807, 2.05) is 25.1 Å². The number of nitrogens with zero attached hydrogens (tertiary/aromatic N) is 6. The van der Waals surface area contributed by atoms with Crippen molar-refractivity contribution in [3.63, 3.8) is 0 Å². The van der Waals surface area contributed by atoms with Gasteiger partial charge in [-0.05, 0) is 26.2 Å². The molecule has 0 N–H and O–H groups in total. The lowest BCUT2D eigenvalue weighted by Crippen LogP contribution is -2.37. The first-order chi connectivity index (χ1) is 12.8. The second-order valence-electron chi connectivity index (χ2n) is 6.90. The largest absolute Gasteiger partial charge is 0.332 e. The van der Waals surface area contributed by atoms with E-state index in [2.05, 4.69) is 4.98 Å². The van der Waals surface area contributed by atoms with Gasteiger partial charge in [0.05, 0.1) is 10.9 Å². The predicted molar refractivity (Wildman–Crippen MR) is 104 cm³/mol. The van der Waals surface area contributed by atoms with E-state index in [0.717, 1.165) is 4.57 Å². The Labute approximate surface area is 153 Å². The average Bonchev–Trinajstić information content (AvgIpc) is 3.05. The van der Waals surface area contributed by atoms with E-state index in [-0.39, 0.29) is 16.7 Å². The van der Waals surface area contributed by atoms with Crippen molar-refractivity contribution in [2.75, 3.05) is 20.6 Å². The minimum atomic E-state index is -0.456. The fourth-order valence-electron chi connectivity index (χ4n) is 3.38. The fourth-order valence-corrected chi connectivity index (χ4v) is 3.38. The Morgan fingerprint density at radius 1 is 1.00 bits per heavy atom. The molecule has 0 spiro atoms. The van der Waals surface area contributed by atoms with Crippen molar-refractivity contribution in [1.82, 2.24) is 28.0 Å². The second-order valence-corrected chi connectivity index (χ2v) is 6.90. The number of aromatic nitrogens is 5. The maximum Gasteiger partial charge on any atom is 0.332 e. The number of para-hydroxylation sites is 1. The van der Waals surface area contributed by atoms with Crippen LogP contribution in [0.4, 0.5) is 0 Å². The molecule has 0 unspecified atom stereocenters. The lowest BCUT2D eigenvalue weighted by Gasteiger charge is -2.13. The number of fused-ring (bicyclic) bond motifs is 5. The molecule has 0 bridgehead atoms. The number of aryl methyl sites for hydroxylation is 1. The van der Waals surface area contributed by atoms with Gasteiger partial charge in [-0.2, -0.15) is 4.98 Å². The molecule has 9 heteroatoms. The van der Waals surface area contributed by atoms with Crippen LogP contribution in [-0.4, -0.2) is 48.6 Å². The van der Waals surface area contributed by atoms with Gasteiger partial charge in [-0.25, -0.2) is 4.79 Å². The molecule has 140 valence electrons. The molecule has 4 rings (SSSR count). The summed E-state index contributed by atoms with van der Waals surface area (Å²) in [5.41, 5.74) is 0.0711. The molecule has 0 aliphatic heterocycles. The van der Waals surface area contributed by atoms with Gasteiger partial charge in [0, 0.05) is 27.2 Å². The van der Waals surface area contributed by atoms with Crippen LogP contribution in [-0.2, 0) is 20.6 Å². The van der Waals surface area contributed by atoms with Crippen LogP contribution in [0.25, 0.3) is 27.8 Å². The van der Waals surface area contributed by atoms with Crippen LogP contribution in [0.15, 0.2) is 38.6 Å². The number of hydrogen-bond donors (Lipinski definition) is 0. The first-order valence-corrected chi connectivity index (χ1v) is 8.57. The van der Waals surface area contributed by atoms with Crippen molar-refractivity contribution in [3.8, 4) is 0 Å². The molecule has 1 aromatic carbocycles. The van der Waals surface area contributed by atoms with Gasteiger partial charge in [-0.1, -0.05) is 12.1 Å². The summed E-state index contributed by atoms with van der Waals surface area (Å²) in [5, 5.41) is 0.499. The van der Waals surface area contributed by atoms with E-state index in [1.165, 1.54) is 11.6 Å². The Bertz CT molecular complexity index is 1390. The molecule has 0 aliphatic carbocycles. The zero-order chi connectivity index (χ0) is 19.5. The summed E-state index contributed by atoms with van der Waals surface area (Å²) in [7, 11) is 6.85. The standard InChI is InChI=1S/C18H20N6O3/c1-20(2)9-10-23-15(25)11-7-5-6-8-12(11)24-13-14(19-17(23)24)21(3)18(27)22(4)16(13)26/h5-8H,9-10H2,1-4H3. The van der Waals surface area contributed by atoms with E-state index in [4.69, 9.17) is 0 Å². The highest BCUT2D eigenvalue weighted by Gasteiger charge is 2.20. The van der Waals surface area contributed by atoms with Crippen molar-refractivity contribution >= 4 is 27.8 Å². The highest BCUT2D eigenvalue weighted by atomic mass is 16.2. The molecule has 0 saturated carbocycles. The van der Waals surface area contributed by atoms with Gasteiger partial charge < -0.3 is 4.90 Å². The first-order valence-electron chi connectivity index (χ1n) is 8.57. The molecule has 4 aromatic rings. The van der Waals surface area contributed by atoms with Crippen LogP contribution >= 0.6 is 0 Å². The minimum Gasteiger partial charge on any atom is -0.308 e. The summed E-state index contributed by atoms with van der Waals surface area (Å²) in [6.45, 7) is 1.05. The van der Waals surface area contributed by atoms with E-state index in [0.29, 0.717) is 29.8 Å². The average molecular weight is 368 g/mol. The summed E-state index contributed by atoms with van der Waals surface area (Å²) < 4.78 is 5.63. The topological polar surface area (TPSA) is 86.5 Å². The molecular weight excluding hydrogens is 348 g/mol. The molecule has 0 saturated heterocycles. The van der Waals surface area contributed by atoms with Crippen molar-refractivity contribution in [3.05, 3.63) is 55.5 Å². The summed E-state index contributed by atoms with van der Waals surface area (Å²) in [4.78, 5) is 44.8. The van der Waals surface area contributed by atoms with Crippen molar-refractivity contribution in [1.29, 1.82) is 0 Å². The third-order valence-electron chi connectivity index (χ3n) is 4.87. The zero-order valence-electron chi connectivity index (χ0n) is 15.6. The van der Waals surface area contributed by atoms with E-state index in [9.17, 15) is 14.4 Å². The molecule has 0 atom stereocenters. The van der Waals surface area contributed by atoms with Crippen LogP contribution in [0.3, 0.4) is 0 Å². The third kappa shape index (κ3) is 2.35. The Kier molecular flexibility index (Phi) is 3.77. The van der Waals surface area contributed by atoms with Gasteiger partial charge in [-0.15, -0.1) is 0 Å². The predicted octanol–water partition coefficient (Wildman–Crippen LogP) is -0.239. The highest BCUT2D eigenvalue weighted by Crippen LogP contribution is 2.18. The number of rotatable bonds is 3. The van der Waals surface area contributed by atoms with Crippen LogP contribution in [0, 0.1) is 0 Å².